The van der Waals surface area contributed by atoms with E-state index in [2.05, 4.69) is 4.98 Å². The number of para-hydroxylation sites is 1. The molecular formula is C11H10BNO3. The van der Waals surface area contributed by atoms with Crippen molar-refractivity contribution in [3.8, 4) is 0 Å². The molecule has 1 aromatic carbocycles. The summed E-state index contributed by atoms with van der Waals surface area (Å²) in [6, 6.07) is 8.46. The number of hydrogen-bond donors (Lipinski definition) is 2. The second kappa shape index (κ2) is 4.04. The molecular weight excluding hydrogens is 205 g/mol. The van der Waals surface area contributed by atoms with Gasteiger partial charge in [-0.25, -0.2) is 4.98 Å². The lowest BCUT2D eigenvalue weighted by Crippen LogP contribution is -2.31. The van der Waals surface area contributed by atoms with Gasteiger partial charge >= 0.3 is 7.12 Å². The first-order chi connectivity index (χ1) is 7.59. The van der Waals surface area contributed by atoms with Gasteiger partial charge in [0, 0.05) is 12.4 Å². The van der Waals surface area contributed by atoms with Crippen molar-refractivity contribution in [2.24, 2.45) is 0 Å². The number of fused-ring (bicyclic) bond motifs is 1. The van der Waals surface area contributed by atoms with Crippen LogP contribution in [-0.4, -0.2) is 27.9 Å². The lowest BCUT2D eigenvalue weighted by Gasteiger charge is -2.05. The molecule has 5 heteroatoms. The molecule has 0 atom stereocenters. The molecule has 2 rings (SSSR count). The Morgan fingerprint density at radius 2 is 2.00 bits per heavy atom. The Morgan fingerprint density at radius 1 is 1.25 bits per heavy atom. The fourth-order valence-electron chi connectivity index (χ4n) is 1.57. The van der Waals surface area contributed by atoms with Crippen molar-refractivity contribution in [3.05, 3.63) is 36.0 Å². The average molecular weight is 215 g/mol. The van der Waals surface area contributed by atoms with Gasteiger partial charge in [0.1, 0.15) is 5.69 Å². The molecule has 0 saturated heterocycles. The Bertz CT molecular complexity index is 554. The molecule has 16 heavy (non-hydrogen) atoms. The van der Waals surface area contributed by atoms with Gasteiger partial charge in [0.15, 0.2) is 5.78 Å². The monoisotopic (exact) mass is 215 g/mol. The molecule has 80 valence electrons. The van der Waals surface area contributed by atoms with Crippen molar-refractivity contribution < 1.29 is 14.8 Å². The smallest absolute Gasteiger partial charge is 0.423 e. The van der Waals surface area contributed by atoms with Crippen LogP contribution in [-0.2, 0) is 0 Å². The highest BCUT2D eigenvalue weighted by Crippen LogP contribution is 2.11. The Kier molecular flexibility index (Phi) is 2.72. The fraction of sp³-hybridized carbons (Fsp3) is 0.0909. The molecule has 1 aromatic heterocycles. The third-order valence-corrected chi connectivity index (χ3v) is 2.39. The topological polar surface area (TPSA) is 70.4 Å². The van der Waals surface area contributed by atoms with Crippen LogP contribution in [0.4, 0.5) is 0 Å². The number of Topliss-reactive ketones (excluding diaryl/α,β-unsaturated/α-hetero) is 1. The standard InChI is InChI=1S/C11H10BNO3/c1-7(14)10-6-5-8-3-2-4-9(12(15)16)11(8)13-10/h2-6,15-16H,1H3. The van der Waals surface area contributed by atoms with Gasteiger partial charge in [0.05, 0.1) is 5.52 Å². The minimum Gasteiger partial charge on any atom is -0.423 e. The molecule has 0 fully saturated rings. The third kappa shape index (κ3) is 1.82. The van der Waals surface area contributed by atoms with Gasteiger partial charge in [-0.05, 0) is 11.5 Å². The largest absolute Gasteiger partial charge is 0.490 e. The first-order valence-electron chi connectivity index (χ1n) is 4.86. The van der Waals surface area contributed by atoms with Crippen LogP contribution in [0, 0.1) is 0 Å². The van der Waals surface area contributed by atoms with Crippen molar-refractivity contribution in [1.29, 1.82) is 0 Å². The van der Waals surface area contributed by atoms with Gasteiger partial charge in [-0.1, -0.05) is 24.3 Å². The van der Waals surface area contributed by atoms with Crippen LogP contribution in [0.25, 0.3) is 10.9 Å². The first kappa shape index (κ1) is 10.8. The summed E-state index contributed by atoms with van der Waals surface area (Å²) < 4.78 is 0. The Hall–Kier alpha value is -1.72. The molecule has 0 amide bonds. The number of ketones is 1. The van der Waals surface area contributed by atoms with Crippen LogP contribution in [0.2, 0.25) is 0 Å². The number of carbonyl (C=O) groups is 1. The number of hydrogen-bond acceptors (Lipinski definition) is 4. The van der Waals surface area contributed by atoms with E-state index in [-0.39, 0.29) is 5.78 Å². The summed E-state index contributed by atoms with van der Waals surface area (Å²) in [6.45, 7) is 1.42. The maximum atomic E-state index is 11.2. The van der Waals surface area contributed by atoms with Crippen molar-refractivity contribution in [1.82, 2.24) is 4.98 Å². The molecule has 0 aliphatic rings. The van der Waals surface area contributed by atoms with Crippen molar-refractivity contribution in [2.75, 3.05) is 0 Å². The Morgan fingerprint density at radius 3 is 2.62 bits per heavy atom. The zero-order valence-electron chi connectivity index (χ0n) is 8.71. The minimum atomic E-state index is -1.58. The summed E-state index contributed by atoms with van der Waals surface area (Å²) in [5.41, 5.74) is 1.08. The summed E-state index contributed by atoms with van der Waals surface area (Å²) in [7, 11) is -1.58. The van der Waals surface area contributed by atoms with Gasteiger partial charge < -0.3 is 10.0 Å². The number of aromatic nitrogens is 1. The van der Waals surface area contributed by atoms with Crippen LogP contribution >= 0.6 is 0 Å². The predicted molar refractivity (Wildman–Crippen MR) is 61.6 cm³/mol. The quantitative estimate of drug-likeness (QED) is 0.551. The SMILES string of the molecule is CC(=O)c1ccc2cccc(B(O)O)c2n1. The number of pyridine rings is 1. The fourth-order valence-corrected chi connectivity index (χ4v) is 1.57. The number of benzene rings is 1. The van der Waals surface area contributed by atoms with E-state index in [0.29, 0.717) is 16.7 Å². The lowest BCUT2D eigenvalue weighted by atomic mass is 9.79. The van der Waals surface area contributed by atoms with Crippen LogP contribution in [0.5, 0.6) is 0 Å². The molecule has 0 unspecified atom stereocenters. The van der Waals surface area contributed by atoms with E-state index in [1.165, 1.54) is 6.92 Å². The van der Waals surface area contributed by atoms with Gasteiger partial charge in [-0.15, -0.1) is 0 Å². The van der Waals surface area contributed by atoms with Gasteiger partial charge in [0.25, 0.3) is 0 Å². The molecule has 4 nitrogen and oxygen atoms in total. The van der Waals surface area contributed by atoms with Crippen LogP contribution < -0.4 is 5.46 Å². The third-order valence-electron chi connectivity index (χ3n) is 2.39. The van der Waals surface area contributed by atoms with E-state index in [4.69, 9.17) is 0 Å². The summed E-state index contributed by atoms with van der Waals surface area (Å²) in [5.74, 6) is -0.149. The van der Waals surface area contributed by atoms with E-state index in [1.807, 2.05) is 0 Å². The zero-order chi connectivity index (χ0) is 11.7. The molecule has 2 N–H and O–H groups in total. The summed E-state index contributed by atoms with van der Waals surface area (Å²) >= 11 is 0. The molecule has 2 aromatic rings. The highest BCUT2D eigenvalue weighted by Gasteiger charge is 2.16. The van der Waals surface area contributed by atoms with Crippen molar-refractivity contribution in [2.45, 2.75) is 6.92 Å². The number of rotatable bonds is 2. The molecule has 0 spiro atoms. The molecule has 0 aliphatic heterocycles. The molecule has 0 aliphatic carbocycles. The van der Waals surface area contributed by atoms with Crippen LogP contribution in [0.3, 0.4) is 0 Å². The van der Waals surface area contributed by atoms with E-state index in [9.17, 15) is 14.8 Å². The molecule has 1 heterocycles. The van der Waals surface area contributed by atoms with E-state index in [0.717, 1.165) is 5.39 Å². The molecule has 0 saturated carbocycles. The molecule has 0 radical (unpaired) electrons. The Labute approximate surface area is 92.7 Å². The second-order valence-corrected chi connectivity index (χ2v) is 3.55. The normalized spacial score (nSPS) is 10.4. The lowest BCUT2D eigenvalue weighted by molar-refractivity contribution is 0.101. The van der Waals surface area contributed by atoms with Crippen LogP contribution in [0.1, 0.15) is 17.4 Å². The van der Waals surface area contributed by atoms with Gasteiger partial charge in [-0.3, -0.25) is 4.79 Å². The summed E-state index contributed by atoms with van der Waals surface area (Å²) in [6.07, 6.45) is 0. The highest BCUT2D eigenvalue weighted by molar-refractivity contribution is 6.61. The Balaban J connectivity index is 2.73. The summed E-state index contributed by atoms with van der Waals surface area (Å²) in [5, 5.41) is 19.1. The van der Waals surface area contributed by atoms with E-state index >= 15 is 0 Å². The number of carbonyl (C=O) groups excluding carboxylic acids is 1. The van der Waals surface area contributed by atoms with Crippen molar-refractivity contribution in [3.63, 3.8) is 0 Å². The molecule has 0 bridgehead atoms. The van der Waals surface area contributed by atoms with Crippen LogP contribution in [0.15, 0.2) is 30.3 Å². The predicted octanol–water partition coefficient (Wildman–Crippen LogP) is 0.117. The first-order valence-corrected chi connectivity index (χ1v) is 4.86. The van der Waals surface area contributed by atoms with Gasteiger partial charge in [-0.2, -0.15) is 0 Å². The number of nitrogens with zero attached hydrogens (tertiary/aromatic N) is 1. The summed E-state index contributed by atoms with van der Waals surface area (Å²) in [4.78, 5) is 15.3. The van der Waals surface area contributed by atoms with Gasteiger partial charge in [0.2, 0.25) is 0 Å². The minimum absolute atomic E-state index is 0.149. The average Bonchev–Trinajstić information content (AvgIpc) is 2.27. The zero-order valence-corrected chi connectivity index (χ0v) is 8.71. The maximum Gasteiger partial charge on any atom is 0.490 e. The maximum absolute atomic E-state index is 11.2. The van der Waals surface area contributed by atoms with Crippen molar-refractivity contribution >= 4 is 29.3 Å². The second-order valence-electron chi connectivity index (χ2n) is 3.55. The highest BCUT2D eigenvalue weighted by atomic mass is 16.4. The van der Waals surface area contributed by atoms with E-state index in [1.54, 1.807) is 30.3 Å². The van der Waals surface area contributed by atoms with E-state index < -0.39 is 7.12 Å².